The zero-order valence-corrected chi connectivity index (χ0v) is 10.6. The van der Waals surface area contributed by atoms with Crippen molar-refractivity contribution < 1.29 is 14.6 Å². The van der Waals surface area contributed by atoms with Crippen molar-refractivity contribution in [2.45, 2.75) is 51.2 Å². The summed E-state index contributed by atoms with van der Waals surface area (Å²) in [5, 5.41) is 9.91. The smallest absolute Gasteiger partial charge is 0.310 e. The number of piperidine rings is 1. The van der Waals surface area contributed by atoms with Crippen molar-refractivity contribution in [2.24, 2.45) is 5.92 Å². The first-order valence-electron chi connectivity index (χ1n) is 6.81. The highest BCUT2D eigenvalue weighted by atomic mass is 16.5. The molecule has 17 heavy (non-hydrogen) atoms. The van der Waals surface area contributed by atoms with Crippen LogP contribution in [0.1, 0.15) is 39.0 Å². The molecule has 1 saturated carbocycles. The summed E-state index contributed by atoms with van der Waals surface area (Å²) in [5.74, 6) is -0.0545. The van der Waals surface area contributed by atoms with E-state index in [1.165, 1.54) is 0 Å². The Bertz CT molecular complexity index is 269. The summed E-state index contributed by atoms with van der Waals surface area (Å²) in [7, 11) is 0. The summed E-state index contributed by atoms with van der Waals surface area (Å²) in [4.78, 5) is 14.0. The van der Waals surface area contributed by atoms with Gasteiger partial charge in [-0.15, -0.1) is 0 Å². The quantitative estimate of drug-likeness (QED) is 0.754. The van der Waals surface area contributed by atoms with E-state index >= 15 is 0 Å². The van der Waals surface area contributed by atoms with Gasteiger partial charge in [0, 0.05) is 12.6 Å². The van der Waals surface area contributed by atoms with E-state index in [1.807, 2.05) is 6.92 Å². The molecule has 1 aliphatic carbocycles. The SMILES string of the molecule is CCOC(=O)C1CCCN([C@H]2CCC[C@@H]2O)C1. The minimum Gasteiger partial charge on any atom is -0.466 e. The number of nitrogens with zero attached hydrogens (tertiary/aromatic N) is 1. The largest absolute Gasteiger partial charge is 0.466 e. The van der Waals surface area contributed by atoms with E-state index in [0.29, 0.717) is 6.61 Å². The lowest BCUT2D eigenvalue weighted by atomic mass is 9.96. The monoisotopic (exact) mass is 241 g/mol. The van der Waals surface area contributed by atoms with Gasteiger partial charge in [0.15, 0.2) is 0 Å². The maximum absolute atomic E-state index is 11.7. The fourth-order valence-corrected chi connectivity index (χ4v) is 3.11. The van der Waals surface area contributed by atoms with Crippen LogP contribution in [0.2, 0.25) is 0 Å². The Morgan fingerprint density at radius 2 is 2.18 bits per heavy atom. The van der Waals surface area contributed by atoms with Gasteiger partial charge in [0.25, 0.3) is 0 Å². The number of carbonyl (C=O) groups excluding carboxylic acids is 1. The minimum absolute atomic E-state index is 0.0106. The summed E-state index contributed by atoms with van der Waals surface area (Å²) >= 11 is 0. The highest BCUT2D eigenvalue weighted by Gasteiger charge is 2.35. The Morgan fingerprint density at radius 1 is 1.35 bits per heavy atom. The van der Waals surface area contributed by atoms with E-state index in [9.17, 15) is 9.90 Å². The number of aliphatic hydroxyl groups is 1. The predicted octanol–water partition coefficient (Wildman–Crippen LogP) is 1.17. The third-order valence-corrected chi connectivity index (χ3v) is 3.99. The molecule has 4 nitrogen and oxygen atoms in total. The first-order valence-corrected chi connectivity index (χ1v) is 6.81. The second-order valence-corrected chi connectivity index (χ2v) is 5.15. The molecule has 1 aliphatic heterocycles. The zero-order chi connectivity index (χ0) is 12.3. The van der Waals surface area contributed by atoms with Crippen LogP contribution in [0.3, 0.4) is 0 Å². The predicted molar refractivity (Wildman–Crippen MR) is 64.6 cm³/mol. The molecule has 4 heteroatoms. The minimum atomic E-state index is -0.198. The number of hydrogen-bond acceptors (Lipinski definition) is 4. The van der Waals surface area contributed by atoms with Gasteiger partial charge in [-0.25, -0.2) is 0 Å². The number of rotatable bonds is 3. The summed E-state index contributed by atoms with van der Waals surface area (Å²) in [6, 6.07) is 0.271. The standard InChI is InChI=1S/C13H23NO3/c1-2-17-13(16)10-5-4-8-14(9-10)11-6-3-7-12(11)15/h10-12,15H,2-9H2,1H3/t10?,11-,12-/m0/s1. The Morgan fingerprint density at radius 3 is 2.82 bits per heavy atom. The van der Waals surface area contributed by atoms with Crippen LogP contribution < -0.4 is 0 Å². The second kappa shape index (κ2) is 5.83. The molecule has 0 aromatic rings. The average molecular weight is 241 g/mol. The summed E-state index contributed by atoms with van der Waals surface area (Å²) < 4.78 is 5.09. The van der Waals surface area contributed by atoms with Crippen LogP contribution in [-0.4, -0.2) is 47.8 Å². The third-order valence-electron chi connectivity index (χ3n) is 3.99. The number of likely N-dealkylation sites (tertiary alicyclic amines) is 1. The van der Waals surface area contributed by atoms with Crippen LogP contribution in [0, 0.1) is 5.92 Å². The second-order valence-electron chi connectivity index (χ2n) is 5.15. The van der Waals surface area contributed by atoms with Gasteiger partial charge in [-0.05, 0) is 45.6 Å². The first-order chi connectivity index (χ1) is 8.22. The molecule has 0 radical (unpaired) electrons. The fourth-order valence-electron chi connectivity index (χ4n) is 3.11. The normalized spacial score (nSPS) is 34.8. The fraction of sp³-hybridized carbons (Fsp3) is 0.923. The number of aliphatic hydroxyl groups excluding tert-OH is 1. The van der Waals surface area contributed by atoms with Gasteiger partial charge in [-0.2, -0.15) is 0 Å². The molecule has 1 heterocycles. The number of esters is 1. The molecule has 3 atom stereocenters. The van der Waals surface area contributed by atoms with Crippen molar-refractivity contribution in [3.63, 3.8) is 0 Å². The maximum atomic E-state index is 11.7. The third kappa shape index (κ3) is 2.99. The van der Waals surface area contributed by atoms with E-state index in [0.717, 1.165) is 45.2 Å². The van der Waals surface area contributed by atoms with E-state index in [4.69, 9.17) is 4.74 Å². The van der Waals surface area contributed by atoms with Gasteiger partial charge in [-0.1, -0.05) is 0 Å². The summed E-state index contributed by atoms with van der Waals surface area (Å²) in [6.07, 6.45) is 4.84. The molecule has 1 unspecified atom stereocenters. The van der Waals surface area contributed by atoms with Crippen molar-refractivity contribution in [3.05, 3.63) is 0 Å². The maximum Gasteiger partial charge on any atom is 0.310 e. The van der Waals surface area contributed by atoms with Crippen molar-refractivity contribution in [1.29, 1.82) is 0 Å². The molecule has 2 fully saturated rings. The topological polar surface area (TPSA) is 49.8 Å². The summed E-state index contributed by atoms with van der Waals surface area (Å²) in [5.41, 5.74) is 0. The van der Waals surface area contributed by atoms with Crippen molar-refractivity contribution >= 4 is 5.97 Å². The van der Waals surface area contributed by atoms with E-state index < -0.39 is 0 Å². The van der Waals surface area contributed by atoms with Gasteiger partial charge >= 0.3 is 5.97 Å². The summed E-state index contributed by atoms with van der Waals surface area (Å²) in [6.45, 7) is 4.08. The molecule has 0 aromatic heterocycles. The van der Waals surface area contributed by atoms with Crippen molar-refractivity contribution in [2.75, 3.05) is 19.7 Å². The van der Waals surface area contributed by atoms with E-state index in [1.54, 1.807) is 0 Å². The van der Waals surface area contributed by atoms with Crippen LogP contribution in [0.15, 0.2) is 0 Å². The Labute approximate surface area is 103 Å². The molecule has 1 N–H and O–H groups in total. The Kier molecular flexibility index (Phi) is 4.40. The van der Waals surface area contributed by atoms with E-state index in [-0.39, 0.29) is 24.0 Å². The van der Waals surface area contributed by atoms with Gasteiger partial charge in [-0.3, -0.25) is 9.69 Å². The Hall–Kier alpha value is -0.610. The van der Waals surface area contributed by atoms with E-state index in [2.05, 4.69) is 4.90 Å². The van der Waals surface area contributed by atoms with Gasteiger partial charge in [0.1, 0.15) is 0 Å². The van der Waals surface area contributed by atoms with Crippen LogP contribution in [0.4, 0.5) is 0 Å². The van der Waals surface area contributed by atoms with Crippen molar-refractivity contribution in [3.8, 4) is 0 Å². The highest BCUT2D eigenvalue weighted by Crippen LogP contribution is 2.28. The van der Waals surface area contributed by atoms with Crippen LogP contribution in [-0.2, 0) is 9.53 Å². The molecule has 2 rings (SSSR count). The van der Waals surface area contributed by atoms with Gasteiger partial charge < -0.3 is 9.84 Å². The molecule has 0 aromatic carbocycles. The van der Waals surface area contributed by atoms with Gasteiger partial charge in [0.05, 0.1) is 18.6 Å². The lowest BCUT2D eigenvalue weighted by Gasteiger charge is -2.37. The van der Waals surface area contributed by atoms with Crippen molar-refractivity contribution in [1.82, 2.24) is 4.90 Å². The van der Waals surface area contributed by atoms with Crippen LogP contribution >= 0.6 is 0 Å². The Balaban J connectivity index is 1.90. The molecule has 0 amide bonds. The molecular formula is C13H23NO3. The lowest BCUT2D eigenvalue weighted by molar-refractivity contribution is -0.150. The number of ether oxygens (including phenoxy) is 1. The molecular weight excluding hydrogens is 218 g/mol. The zero-order valence-electron chi connectivity index (χ0n) is 10.6. The average Bonchev–Trinajstić information content (AvgIpc) is 2.76. The lowest BCUT2D eigenvalue weighted by Crippen LogP contribution is -2.47. The van der Waals surface area contributed by atoms with Crippen LogP contribution in [0.5, 0.6) is 0 Å². The molecule has 0 spiro atoms. The molecule has 0 bridgehead atoms. The molecule has 2 aliphatic rings. The first kappa shape index (κ1) is 12.8. The highest BCUT2D eigenvalue weighted by molar-refractivity contribution is 5.72. The number of hydrogen-bond donors (Lipinski definition) is 1. The molecule has 1 saturated heterocycles. The van der Waals surface area contributed by atoms with Gasteiger partial charge in [0.2, 0.25) is 0 Å². The molecule has 98 valence electrons. The van der Waals surface area contributed by atoms with Crippen LogP contribution in [0.25, 0.3) is 0 Å². The number of carbonyl (C=O) groups is 1.